The minimum absolute atomic E-state index is 0.861. The van der Waals surface area contributed by atoms with Crippen LogP contribution in [0.1, 0.15) is 33.6 Å². The molecule has 2 heterocycles. The van der Waals surface area contributed by atoms with Crippen LogP contribution in [0.4, 0.5) is 5.95 Å². The third kappa shape index (κ3) is 3.50. The zero-order chi connectivity index (χ0) is 11.1. The van der Waals surface area contributed by atoms with Gasteiger partial charge in [0.25, 0.3) is 0 Å². The van der Waals surface area contributed by atoms with Crippen molar-refractivity contribution in [3.63, 3.8) is 0 Å². The van der Waals surface area contributed by atoms with E-state index in [1.165, 1.54) is 12.8 Å². The van der Waals surface area contributed by atoms with E-state index in [4.69, 9.17) is 0 Å². The van der Waals surface area contributed by atoms with Crippen molar-refractivity contribution in [2.24, 2.45) is 5.92 Å². The van der Waals surface area contributed by atoms with Gasteiger partial charge < -0.3 is 4.90 Å². The van der Waals surface area contributed by atoms with E-state index >= 15 is 0 Å². The number of nitrogens with zero attached hydrogens (tertiary/aromatic N) is 3. The van der Waals surface area contributed by atoms with Gasteiger partial charge in [-0.25, -0.2) is 9.97 Å². The van der Waals surface area contributed by atoms with Gasteiger partial charge in [-0.3, -0.25) is 0 Å². The third-order valence-corrected chi connectivity index (χ3v) is 2.62. The highest BCUT2D eigenvalue weighted by Gasteiger charge is 2.16. The predicted octanol–water partition coefficient (Wildman–Crippen LogP) is 2.74. The van der Waals surface area contributed by atoms with E-state index in [2.05, 4.69) is 21.8 Å². The minimum atomic E-state index is 0.861. The number of rotatable bonds is 1. The van der Waals surface area contributed by atoms with Gasteiger partial charge in [0.2, 0.25) is 5.95 Å². The SMILES string of the molecule is CC.CC1CCN(c2ncccn2)CC1. The van der Waals surface area contributed by atoms with Gasteiger partial charge >= 0.3 is 0 Å². The van der Waals surface area contributed by atoms with Crippen molar-refractivity contribution in [1.29, 1.82) is 0 Å². The van der Waals surface area contributed by atoms with E-state index in [1.54, 1.807) is 12.4 Å². The highest BCUT2D eigenvalue weighted by molar-refractivity contribution is 5.28. The number of aromatic nitrogens is 2. The number of hydrogen-bond donors (Lipinski definition) is 0. The number of anilines is 1. The highest BCUT2D eigenvalue weighted by Crippen LogP contribution is 2.18. The number of piperidine rings is 1. The molecule has 0 aliphatic carbocycles. The Bertz CT molecular complexity index is 253. The molecule has 0 N–H and O–H groups in total. The lowest BCUT2D eigenvalue weighted by Gasteiger charge is -2.29. The normalized spacial score (nSPS) is 16.9. The molecular formula is C12H21N3. The molecule has 1 aliphatic heterocycles. The lowest BCUT2D eigenvalue weighted by molar-refractivity contribution is 0.434. The van der Waals surface area contributed by atoms with Gasteiger partial charge in [0, 0.05) is 25.5 Å². The largest absolute Gasteiger partial charge is 0.341 e. The summed E-state index contributed by atoms with van der Waals surface area (Å²) in [6.45, 7) is 8.51. The summed E-state index contributed by atoms with van der Waals surface area (Å²) in [7, 11) is 0. The van der Waals surface area contributed by atoms with Crippen molar-refractivity contribution in [2.75, 3.05) is 18.0 Å². The molecule has 0 bridgehead atoms. The van der Waals surface area contributed by atoms with Crippen LogP contribution in [0.15, 0.2) is 18.5 Å². The van der Waals surface area contributed by atoms with Gasteiger partial charge in [0.1, 0.15) is 0 Å². The van der Waals surface area contributed by atoms with Crippen LogP contribution in [0.25, 0.3) is 0 Å². The summed E-state index contributed by atoms with van der Waals surface area (Å²) >= 11 is 0. The average molecular weight is 207 g/mol. The molecule has 3 nitrogen and oxygen atoms in total. The molecule has 84 valence electrons. The van der Waals surface area contributed by atoms with Crippen molar-refractivity contribution in [3.8, 4) is 0 Å². The first-order chi connectivity index (χ1) is 7.36. The Kier molecular flexibility index (Phi) is 5.08. The van der Waals surface area contributed by atoms with Crippen LogP contribution >= 0.6 is 0 Å². The summed E-state index contributed by atoms with van der Waals surface area (Å²) in [6, 6.07) is 1.86. The second-order valence-electron chi connectivity index (χ2n) is 3.72. The fourth-order valence-corrected chi connectivity index (χ4v) is 1.66. The molecule has 0 radical (unpaired) electrons. The molecule has 0 unspecified atom stereocenters. The van der Waals surface area contributed by atoms with E-state index in [0.29, 0.717) is 0 Å². The summed E-state index contributed by atoms with van der Waals surface area (Å²) in [4.78, 5) is 10.7. The molecule has 0 atom stereocenters. The third-order valence-electron chi connectivity index (χ3n) is 2.62. The Hall–Kier alpha value is -1.12. The monoisotopic (exact) mass is 207 g/mol. The molecule has 1 fully saturated rings. The van der Waals surface area contributed by atoms with Crippen molar-refractivity contribution in [2.45, 2.75) is 33.6 Å². The zero-order valence-electron chi connectivity index (χ0n) is 9.98. The van der Waals surface area contributed by atoms with Gasteiger partial charge in [-0.15, -0.1) is 0 Å². The maximum Gasteiger partial charge on any atom is 0.225 e. The van der Waals surface area contributed by atoms with Gasteiger partial charge in [0.05, 0.1) is 0 Å². The fraction of sp³-hybridized carbons (Fsp3) is 0.667. The molecule has 3 heteroatoms. The Labute approximate surface area is 92.6 Å². The Balaban J connectivity index is 0.000000531. The predicted molar refractivity (Wildman–Crippen MR) is 64.0 cm³/mol. The molecule has 15 heavy (non-hydrogen) atoms. The molecule has 0 aromatic carbocycles. The van der Waals surface area contributed by atoms with Gasteiger partial charge in [-0.2, -0.15) is 0 Å². The minimum Gasteiger partial charge on any atom is -0.341 e. The first-order valence-electron chi connectivity index (χ1n) is 5.88. The smallest absolute Gasteiger partial charge is 0.225 e. The summed E-state index contributed by atoms with van der Waals surface area (Å²) < 4.78 is 0. The van der Waals surface area contributed by atoms with E-state index in [-0.39, 0.29) is 0 Å². The summed E-state index contributed by atoms with van der Waals surface area (Å²) in [5.74, 6) is 1.74. The quantitative estimate of drug-likeness (QED) is 0.709. The van der Waals surface area contributed by atoms with E-state index in [1.807, 2.05) is 19.9 Å². The molecule has 0 saturated carbocycles. The Morgan fingerprint density at radius 3 is 2.20 bits per heavy atom. The first kappa shape index (κ1) is 12.0. The second-order valence-corrected chi connectivity index (χ2v) is 3.72. The van der Waals surface area contributed by atoms with E-state index in [0.717, 1.165) is 25.0 Å². The standard InChI is InChI=1S/C10H15N3.C2H6/c1-9-3-7-13(8-4-9)10-11-5-2-6-12-10;1-2/h2,5-6,9H,3-4,7-8H2,1H3;1-2H3. The lowest BCUT2D eigenvalue weighted by Crippen LogP contribution is -2.33. The van der Waals surface area contributed by atoms with E-state index < -0.39 is 0 Å². The van der Waals surface area contributed by atoms with Gasteiger partial charge in [-0.1, -0.05) is 20.8 Å². The maximum atomic E-state index is 4.24. The maximum absolute atomic E-state index is 4.24. The Morgan fingerprint density at radius 1 is 1.13 bits per heavy atom. The average Bonchev–Trinajstić information content (AvgIpc) is 2.34. The summed E-state index contributed by atoms with van der Waals surface area (Å²) in [6.07, 6.45) is 6.14. The molecule has 0 amide bonds. The summed E-state index contributed by atoms with van der Waals surface area (Å²) in [5, 5.41) is 0. The van der Waals surface area contributed by atoms with Crippen molar-refractivity contribution >= 4 is 5.95 Å². The van der Waals surface area contributed by atoms with Crippen LogP contribution in [0.2, 0.25) is 0 Å². The molecule has 1 aromatic heterocycles. The molecule has 1 aromatic rings. The van der Waals surface area contributed by atoms with Crippen molar-refractivity contribution < 1.29 is 0 Å². The second kappa shape index (κ2) is 6.38. The Morgan fingerprint density at radius 2 is 1.67 bits per heavy atom. The van der Waals surface area contributed by atoms with Crippen LogP contribution < -0.4 is 4.90 Å². The van der Waals surface area contributed by atoms with Crippen molar-refractivity contribution in [3.05, 3.63) is 18.5 Å². The van der Waals surface area contributed by atoms with Crippen LogP contribution in [-0.2, 0) is 0 Å². The zero-order valence-corrected chi connectivity index (χ0v) is 9.98. The first-order valence-corrected chi connectivity index (χ1v) is 5.88. The van der Waals surface area contributed by atoms with Gasteiger partial charge in [0.15, 0.2) is 0 Å². The summed E-state index contributed by atoms with van der Waals surface area (Å²) in [5.41, 5.74) is 0. The molecule has 0 spiro atoms. The topological polar surface area (TPSA) is 29.0 Å². The van der Waals surface area contributed by atoms with Crippen LogP contribution in [0, 0.1) is 5.92 Å². The molecule has 2 rings (SSSR count). The molecular weight excluding hydrogens is 186 g/mol. The molecule has 1 saturated heterocycles. The number of hydrogen-bond acceptors (Lipinski definition) is 3. The van der Waals surface area contributed by atoms with Crippen molar-refractivity contribution in [1.82, 2.24) is 9.97 Å². The van der Waals surface area contributed by atoms with Crippen LogP contribution in [-0.4, -0.2) is 23.1 Å². The van der Waals surface area contributed by atoms with Gasteiger partial charge in [-0.05, 0) is 24.8 Å². The van der Waals surface area contributed by atoms with Crippen LogP contribution in [0.3, 0.4) is 0 Å². The van der Waals surface area contributed by atoms with E-state index in [9.17, 15) is 0 Å². The van der Waals surface area contributed by atoms with Crippen LogP contribution in [0.5, 0.6) is 0 Å². The lowest BCUT2D eigenvalue weighted by atomic mass is 10.00. The molecule has 1 aliphatic rings. The highest BCUT2D eigenvalue weighted by atomic mass is 15.2. The fourth-order valence-electron chi connectivity index (χ4n) is 1.66.